The Hall–Kier alpha value is -2.47. The van der Waals surface area contributed by atoms with Crippen LogP contribution in [0.1, 0.15) is 48.9 Å². The molecule has 0 aliphatic carbocycles. The molecular weight excluding hydrogens is 310 g/mol. The van der Waals surface area contributed by atoms with Crippen molar-refractivity contribution in [2.24, 2.45) is 5.73 Å². The lowest BCUT2D eigenvalue weighted by Crippen LogP contribution is -2.29. The van der Waals surface area contributed by atoms with Gasteiger partial charge in [0.05, 0.1) is 5.39 Å². The third-order valence-corrected chi connectivity index (χ3v) is 3.97. The SMILES string of the molecule is NC(CCCCCCC(=O)c1coc2ccccc2c1=O)C(=O)O. The quantitative estimate of drug-likeness (QED) is 0.540. The molecule has 6 heteroatoms. The van der Waals surface area contributed by atoms with E-state index >= 15 is 0 Å². The van der Waals surface area contributed by atoms with Crippen molar-refractivity contribution in [2.45, 2.75) is 44.6 Å². The molecule has 1 aromatic carbocycles. The Balaban J connectivity index is 1.82. The van der Waals surface area contributed by atoms with Crippen LogP contribution in [0, 0.1) is 0 Å². The standard InChI is InChI=1S/C18H21NO5/c19-14(18(22)23)8-3-1-2-4-9-15(20)13-11-24-16-10-6-5-7-12(16)17(13)21/h5-7,10-11,14H,1-4,8-9,19H2,(H,22,23). The minimum Gasteiger partial charge on any atom is -0.480 e. The number of aliphatic carboxylic acids is 1. The molecule has 0 saturated carbocycles. The van der Waals surface area contributed by atoms with Crippen molar-refractivity contribution in [3.8, 4) is 0 Å². The van der Waals surface area contributed by atoms with Gasteiger partial charge in [-0.1, -0.05) is 31.4 Å². The highest BCUT2D eigenvalue weighted by Crippen LogP contribution is 2.13. The van der Waals surface area contributed by atoms with E-state index in [0.717, 1.165) is 12.8 Å². The van der Waals surface area contributed by atoms with Crippen molar-refractivity contribution in [3.63, 3.8) is 0 Å². The monoisotopic (exact) mass is 331 g/mol. The molecule has 0 saturated heterocycles. The summed E-state index contributed by atoms with van der Waals surface area (Å²) in [5, 5.41) is 9.09. The van der Waals surface area contributed by atoms with Crippen molar-refractivity contribution < 1.29 is 19.1 Å². The molecule has 0 radical (unpaired) electrons. The Bertz CT molecular complexity index is 780. The molecule has 1 unspecified atom stereocenters. The van der Waals surface area contributed by atoms with Crippen LogP contribution < -0.4 is 11.2 Å². The van der Waals surface area contributed by atoms with Crippen LogP contribution in [-0.4, -0.2) is 22.9 Å². The van der Waals surface area contributed by atoms with Crippen molar-refractivity contribution in [2.75, 3.05) is 0 Å². The maximum Gasteiger partial charge on any atom is 0.320 e. The summed E-state index contributed by atoms with van der Waals surface area (Å²) in [4.78, 5) is 35.1. The van der Waals surface area contributed by atoms with Gasteiger partial charge in [-0.25, -0.2) is 0 Å². The topological polar surface area (TPSA) is 111 Å². The van der Waals surface area contributed by atoms with Gasteiger partial charge in [-0.3, -0.25) is 14.4 Å². The fraction of sp³-hybridized carbons (Fsp3) is 0.389. The molecule has 1 aromatic heterocycles. The zero-order valence-corrected chi connectivity index (χ0v) is 13.4. The molecule has 0 aliphatic heterocycles. The fourth-order valence-corrected chi connectivity index (χ4v) is 2.53. The molecule has 0 bridgehead atoms. The van der Waals surface area contributed by atoms with E-state index in [1.165, 1.54) is 6.26 Å². The zero-order chi connectivity index (χ0) is 17.5. The summed E-state index contributed by atoms with van der Waals surface area (Å²) in [7, 11) is 0. The van der Waals surface area contributed by atoms with E-state index in [1.54, 1.807) is 24.3 Å². The van der Waals surface area contributed by atoms with Crippen LogP contribution >= 0.6 is 0 Å². The number of rotatable bonds is 9. The molecule has 0 spiro atoms. The highest BCUT2D eigenvalue weighted by atomic mass is 16.4. The number of ketones is 1. The average Bonchev–Trinajstić information content (AvgIpc) is 2.58. The molecular formula is C18H21NO5. The Morgan fingerprint density at radius 3 is 2.58 bits per heavy atom. The molecule has 0 aliphatic rings. The van der Waals surface area contributed by atoms with E-state index in [9.17, 15) is 14.4 Å². The van der Waals surface area contributed by atoms with Gasteiger partial charge < -0.3 is 15.3 Å². The molecule has 1 atom stereocenters. The lowest BCUT2D eigenvalue weighted by Gasteiger charge is -2.05. The van der Waals surface area contributed by atoms with Crippen molar-refractivity contribution in [1.29, 1.82) is 0 Å². The van der Waals surface area contributed by atoms with Gasteiger partial charge in [0.25, 0.3) is 0 Å². The Morgan fingerprint density at radius 2 is 1.83 bits per heavy atom. The first-order valence-corrected chi connectivity index (χ1v) is 8.03. The number of Topliss-reactive ketones (excluding diaryl/α,β-unsaturated/α-hetero) is 1. The average molecular weight is 331 g/mol. The summed E-state index contributed by atoms with van der Waals surface area (Å²) in [6.45, 7) is 0. The summed E-state index contributed by atoms with van der Waals surface area (Å²) in [6, 6.07) is 6.00. The Kier molecular flexibility index (Phi) is 6.26. The maximum absolute atomic E-state index is 12.3. The number of carbonyl (C=O) groups is 2. The number of carboxylic acid groups (broad SMARTS) is 1. The second kappa shape index (κ2) is 8.40. The van der Waals surface area contributed by atoms with Crippen LogP contribution in [0.15, 0.2) is 39.7 Å². The molecule has 3 N–H and O–H groups in total. The second-order valence-electron chi connectivity index (χ2n) is 5.80. The van der Waals surface area contributed by atoms with Gasteiger partial charge in [-0.2, -0.15) is 0 Å². The largest absolute Gasteiger partial charge is 0.480 e. The molecule has 2 aromatic rings. The molecule has 128 valence electrons. The van der Waals surface area contributed by atoms with Crippen LogP contribution in [0.2, 0.25) is 0 Å². The van der Waals surface area contributed by atoms with E-state index < -0.39 is 12.0 Å². The number of hydrogen-bond donors (Lipinski definition) is 2. The smallest absolute Gasteiger partial charge is 0.320 e. The second-order valence-corrected chi connectivity index (χ2v) is 5.80. The van der Waals surface area contributed by atoms with E-state index in [2.05, 4.69) is 0 Å². The Labute approximate surface area is 139 Å². The van der Waals surface area contributed by atoms with Gasteiger partial charge in [0.15, 0.2) is 5.78 Å². The highest BCUT2D eigenvalue weighted by molar-refractivity contribution is 5.98. The van der Waals surface area contributed by atoms with Crippen molar-refractivity contribution >= 4 is 22.7 Å². The van der Waals surface area contributed by atoms with Crippen LogP contribution in [0.4, 0.5) is 0 Å². The van der Waals surface area contributed by atoms with E-state index in [-0.39, 0.29) is 23.2 Å². The van der Waals surface area contributed by atoms with Crippen LogP contribution in [0.5, 0.6) is 0 Å². The van der Waals surface area contributed by atoms with Gasteiger partial charge >= 0.3 is 5.97 Å². The van der Waals surface area contributed by atoms with E-state index in [0.29, 0.717) is 30.2 Å². The lowest BCUT2D eigenvalue weighted by atomic mass is 10.0. The van der Waals surface area contributed by atoms with Crippen molar-refractivity contribution in [1.82, 2.24) is 0 Å². The first-order valence-electron chi connectivity index (χ1n) is 8.03. The number of fused-ring (bicyclic) bond motifs is 1. The van der Waals surface area contributed by atoms with Gasteiger partial charge in [0.2, 0.25) is 5.43 Å². The number of unbranched alkanes of at least 4 members (excludes halogenated alkanes) is 3. The predicted octanol–water partition coefficient (Wildman–Crippen LogP) is 2.73. The normalized spacial score (nSPS) is 12.2. The molecule has 24 heavy (non-hydrogen) atoms. The first kappa shape index (κ1) is 17.9. The van der Waals surface area contributed by atoms with Gasteiger partial charge in [-0.05, 0) is 25.0 Å². The zero-order valence-electron chi connectivity index (χ0n) is 13.4. The third kappa shape index (κ3) is 4.52. The van der Waals surface area contributed by atoms with Gasteiger partial charge in [0, 0.05) is 6.42 Å². The van der Waals surface area contributed by atoms with Crippen molar-refractivity contribution in [3.05, 3.63) is 46.3 Å². The summed E-state index contributed by atoms with van der Waals surface area (Å²) < 4.78 is 5.35. The third-order valence-electron chi connectivity index (χ3n) is 3.97. The molecule has 2 rings (SSSR count). The van der Waals surface area contributed by atoms with E-state index in [4.69, 9.17) is 15.3 Å². The predicted molar refractivity (Wildman–Crippen MR) is 90.1 cm³/mol. The first-order chi connectivity index (χ1) is 11.5. The highest BCUT2D eigenvalue weighted by Gasteiger charge is 2.14. The lowest BCUT2D eigenvalue weighted by molar-refractivity contribution is -0.138. The van der Waals surface area contributed by atoms with Gasteiger partial charge in [0.1, 0.15) is 23.5 Å². The number of nitrogens with two attached hydrogens (primary N) is 1. The summed E-state index contributed by atoms with van der Waals surface area (Å²) >= 11 is 0. The molecule has 6 nitrogen and oxygen atoms in total. The number of carboxylic acids is 1. The molecule has 0 fully saturated rings. The number of para-hydroxylation sites is 1. The van der Waals surface area contributed by atoms with E-state index in [1.807, 2.05) is 0 Å². The maximum atomic E-state index is 12.3. The minimum absolute atomic E-state index is 0.0848. The minimum atomic E-state index is -0.992. The van der Waals surface area contributed by atoms with Gasteiger partial charge in [-0.15, -0.1) is 0 Å². The van der Waals surface area contributed by atoms with Crippen LogP contribution in [-0.2, 0) is 4.79 Å². The van der Waals surface area contributed by atoms with Crippen LogP contribution in [0.25, 0.3) is 11.0 Å². The summed E-state index contributed by atoms with van der Waals surface area (Å²) in [5.74, 6) is -1.22. The molecule has 0 amide bonds. The Morgan fingerprint density at radius 1 is 1.12 bits per heavy atom. The van der Waals surface area contributed by atoms with Crippen LogP contribution in [0.3, 0.4) is 0 Å². The molecule has 1 heterocycles. The number of carbonyl (C=O) groups excluding carboxylic acids is 1. The summed E-state index contributed by atoms with van der Waals surface area (Å²) in [5.41, 5.74) is 5.67. The fourth-order valence-electron chi connectivity index (χ4n) is 2.53. The summed E-state index contributed by atoms with van der Waals surface area (Å²) in [6.07, 6.45) is 4.88. The number of hydrogen-bond acceptors (Lipinski definition) is 5. The number of benzene rings is 1.